The second-order valence-corrected chi connectivity index (χ2v) is 6.05. The fraction of sp³-hybridized carbons (Fsp3) is 0.188. The molecular weight excluding hydrogens is 287 g/mol. The van der Waals surface area contributed by atoms with Crippen LogP contribution in [0.3, 0.4) is 0 Å². The third-order valence-electron chi connectivity index (χ3n) is 3.33. The van der Waals surface area contributed by atoms with Crippen LogP contribution in [0.25, 0.3) is 10.2 Å². The van der Waals surface area contributed by atoms with Gasteiger partial charge in [-0.15, -0.1) is 11.3 Å². The monoisotopic (exact) mass is 302 g/mol. The van der Waals surface area contributed by atoms with Gasteiger partial charge in [-0.05, 0) is 43.5 Å². The Morgan fingerprint density at radius 3 is 2.76 bits per heavy atom. The number of benzene rings is 1. The Morgan fingerprint density at radius 2 is 2.05 bits per heavy atom. The number of carbonyl (C=O) groups is 1. The van der Waals surface area contributed by atoms with Crippen molar-refractivity contribution in [3.63, 3.8) is 0 Å². The van der Waals surface area contributed by atoms with Crippen molar-refractivity contribution >= 4 is 33.1 Å². The van der Waals surface area contributed by atoms with Crippen LogP contribution in [-0.2, 0) is 0 Å². The van der Waals surface area contributed by atoms with Crippen molar-refractivity contribution in [2.24, 2.45) is 0 Å². The molecule has 1 aromatic carbocycles. The summed E-state index contributed by atoms with van der Waals surface area (Å²) in [5.74, 6) is -0.729. The molecule has 3 aromatic rings. The number of aromatic nitrogens is 1. The number of hydrogen-bond acceptors (Lipinski definition) is 2. The quantitative estimate of drug-likeness (QED) is 0.749. The molecule has 2 heterocycles. The number of nitrogens with zero attached hydrogens (tertiary/aromatic N) is 1. The van der Waals surface area contributed by atoms with Gasteiger partial charge in [-0.2, -0.15) is 0 Å². The Hall–Kier alpha value is -2.14. The van der Waals surface area contributed by atoms with Gasteiger partial charge in [-0.3, -0.25) is 4.79 Å². The SMILES string of the molecule is CC(C)n1c(C(=O)Nc2ccccc2F)cc2sccc21. The molecule has 0 aliphatic rings. The molecule has 3 rings (SSSR count). The van der Waals surface area contributed by atoms with Crippen LogP contribution in [-0.4, -0.2) is 10.5 Å². The lowest BCUT2D eigenvalue weighted by molar-refractivity contribution is 0.101. The lowest BCUT2D eigenvalue weighted by Crippen LogP contribution is -2.18. The van der Waals surface area contributed by atoms with Gasteiger partial charge < -0.3 is 9.88 Å². The first-order valence-electron chi connectivity index (χ1n) is 6.72. The first-order chi connectivity index (χ1) is 10.1. The molecule has 108 valence electrons. The number of carbonyl (C=O) groups excluding carboxylic acids is 1. The molecule has 21 heavy (non-hydrogen) atoms. The summed E-state index contributed by atoms with van der Waals surface area (Å²) in [7, 11) is 0. The van der Waals surface area contributed by atoms with Crippen molar-refractivity contribution in [1.29, 1.82) is 0 Å². The summed E-state index contributed by atoms with van der Waals surface area (Å²) in [6, 6.07) is 10.2. The summed E-state index contributed by atoms with van der Waals surface area (Å²) >= 11 is 1.59. The van der Waals surface area contributed by atoms with Crippen LogP contribution in [0.1, 0.15) is 30.4 Å². The highest BCUT2D eigenvalue weighted by molar-refractivity contribution is 7.17. The molecule has 0 saturated carbocycles. The Balaban J connectivity index is 2.00. The zero-order valence-corrected chi connectivity index (χ0v) is 12.6. The average Bonchev–Trinajstić information content (AvgIpc) is 3.00. The molecule has 2 aromatic heterocycles. The fourth-order valence-electron chi connectivity index (χ4n) is 2.42. The molecular formula is C16H15FN2OS. The molecule has 1 amide bonds. The zero-order valence-electron chi connectivity index (χ0n) is 11.8. The van der Waals surface area contributed by atoms with Crippen molar-refractivity contribution in [1.82, 2.24) is 4.57 Å². The number of rotatable bonds is 3. The number of fused-ring (bicyclic) bond motifs is 1. The molecule has 0 aliphatic heterocycles. The van der Waals surface area contributed by atoms with Crippen molar-refractivity contribution in [2.45, 2.75) is 19.9 Å². The van der Waals surface area contributed by atoms with Crippen LogP contribution in [0, 0.1) is 5.82 Å². The van der Waals surface area contributed by atoms with Crippen LogP contribution >= 0.6 is 11.3 Å². The standard InChI is InChI=1S/C16H15FN2OS/c1-10(2)19-13-7-8-21-15(13)9-14(19)16(20)18-12-6-4-3-5-11(12)17/h3-10H,1-2H3,(H,18,20). The van der Waals surface area contributed by atoms with Crippen LogP contribution in [0.15, 0.2) is 41.8 Å². The van der Waals surface area contributed by atoms with Gasteiger partial charge in [0.05, 0.1) is 15.9 Å². The predicted molar refractivity (Wildman–Crippen MR) is 84.6 cm³/mol. The van der Waals surface area contributed by atoms with E-state index in [0.29, 0.717) is 5.69 Å². The number of hydrogen-bond donors (Lipinski definition) is 1. The second-order valence-electron chi connectivity index (χ2n) is 5.10. The van der Waals surface area contributed by atoms with Gasteiger partial charge in [0, 0.05) is 6.04 Å². The number of anilines is 1. The van der Waals surface area contributed by atoms with Crippen molar-refractivity contribution < 1.29 is 9.18 Å². The molecule has 3 nitrogen and oxygen atoms in total. The molecule has 0 spiro atoms. The van der Waals surface area contributed by atoms with Gasteiger partial charge in [-0.1, -0.05) is 12.1 Å². The smallest absolute Gasteiger partial charge is 0.272 e. The predicted octanol–water partition coefficient (Wildman–Crippen LogP) is 4.68. The summed E-state index contributed by atoms with van der Waals surface area (Å²) < 4.78 is 16.7. The largest absolute Gasteiger partial charge is 0.333 e. The van der Waals surface area contributed by atoms with Crippen molar-refractivity contribution in [3.05, 3.63) is 53.3 Å². The third-order valence-corrected chi connectivity index (χ3v) is 4.18. The Kier molecular flexibility index (Phi) is 3.51. The highest BCUT2D eigenvalue weighted by atomic mass is 32.1. The normalized spacial score (nSPS) is 11.2. The number of nitrogens with one attached hydrogen (secondary N) is 1. The summed E-state index contributed by atoms with van der Waals surface area (Å²) in [6.07, 6.45) is 0. The number of thiophene rings is 1. The lowest BCUT2D eigenvalue weighted by Gasteiger charge is -2.14. The Morgan fingerprint density at radius 1 is 1.29 bits per heavy atom. The molecule has 0 fully saturated rings. The van der Waals surface area contributed by atoms with E-state index in [1.54, 1.807) is 29.5 Å². The summed E-state index contributed by atoms with van der Waals surface area (Å²) in [6.45, 7) is 4.05. The second kappa shape index (κ2) is 5.33. The van der Waals surface area contributed by atoms with Crippen LogP contribution in [0.4, 0.5) is 10.1 Å². The van der Waals surface area contributed by atoms with E-state index in [-0.39, 0.29) is 17.6 Å². The maximum absolute atomic E-state index is 13.6. The molecule has 0 atom stereocenters. The topological polar surface area (TPSA) is 34.0 Å². The van der Waals surface area contributed by atoms with Gasteiger partial charge >= 0.3 is 0 Å². The summed E-state index contributed by atoms with van der Waals surface area (Å²) in [5.41, 5.74) is 1.78. The summed E-state index contributed by atoms with van der Waals surface area (Å²) in [4.78, 5) is 12.5. The number of amides is 1. The molecule has 0 bridgehead atoms. The molecule has 0 saturated heterocycles. The van der Waals surface area contributed by atoms with Gasteiger partial charge in [0.1, 0.15) is 11.5 Å². The fourth-order valence-corrected chi connectivity index (χ4v) is 3.24. The van der Waals surface area contributed by atoms with E-state index in [1.165, 1.54) is 6.07 Å². The van der Waals surface area contributed by atoms with Crippen molar-refractivity contribution in [3.8, 4) is 0 Å². The van der Waals surface area contributed by atoms with Gasteiger partial charge in [0.25, 0.3) is 5.91 Å². The van der Waals surface area contributed by atoms with Crippen molar-refractivity contribution in [2.75, 3.05) is 5.32 Å². The number of halogens is 1. The maximum Gasteiger partial charge on any atom is 0.272 e. The summed E-state index contributed by atoms with van der Waals surface area (Å²) in [5, 5.41) is 4.64. The highest BCUT2D eigenvalue weighted by Gasteiger charge is 2.19. The van der Waals surface area contributed by atoms with Gasteiger partial charge in [0.2, 0.25) is 0 Å². The molecule has 0 unspecified atom stereocenters. The van der Waals surface area contributed by atoms with Crippen LogP contribution < -0.4 is 5.32 Å². The first kappa shape index (κ1) is 13.8. The lowest BCUT2D eigenvalue weighted by atomic mass is 10.3. The van der Waals surface area contributed by atoms with E-state index >= 15 is 0 Å². The minimum atomic E-state index is -0.435. The molecule has 5 heteroatoms. The Labute approximate surface area is 126 Å². The molecule has 1 N–H and O–H groups in total. The van der Waals surface area contributed by atoms with E-state index in [1.807, 2.05) is 35.9 Å². The third kappa shape index (κ3) is 2.45. The van der Waals surface area contributed by atoms with Crippen LogP contribution in [0.5, 0.6) is 0 Å². The van der Waals surface area contributed by atoms with Crippen LogP contribution in [0.2, 0.25) is 0 Å². The van der Waals surface area contributed by atoms with Gasteiger partial charge in [0.15, 0.2) is 0 Å². The van der Waals surface area contributed by atoms with E-state index in [0.717, 1.165) is 10.2 Å². The first-order valence-corrected chi connectivity index (χ1v) is 7.60. The van der Waals surface area contributed by atoms with E-state index < -0.39 is 5.82 Å². The highest BCUT2D eigenvalue weighted by Crippen LogP contribution is 2.29. The average molecular weight is 302 g/mol. The maximum atomic E-state index is 13.6. The van der Waals surface area contributed by atoms with Gasteiger partial charge in [-0.25, -0.2) is 4.39 Å². The van der Waals surface area contributed by atoms with E-state index in [4.69, 9.17) is 0 Å². The van der Waals surface area contributed by atoms with E-state index in [2.05, 4.69) is 5.32 Å². The zero-order chi connectivity index (χ0) is 15.0. The molecule has 0 radical (unpaired) electrons. The molecule has 0 aliphatic carbocycles. The minimum absolute atomic E-state index is 0.151. The minimum Gasteiger partial charge on any atom is -0.333 e. The Bertz CT molecular complexity index is 804. The van der Waals surface area contributed by atoms with E-state index in [9.17, 15) is 9.18 Å². The number of para-hydroxylation sites is 1.